The second kappa shape index (κ2) is 6.58. The van der Waals surface area contributed by atoms with E-state index in [1.165, 1.54) is 18.2 Å². The van der Waals surface area contributed by atoms with E-state index in [-0.39, 0.29) is 28.7 Å². The number of carbonyl (C=O) groups excluding carboxylic acids is 2. The van der Waals surface area contributed by atoms with Crippen LogP contribution in [-0.2, 0) is 9.59 Å². The molecule has 1 aromatic carbocycles. The van der Waals surface area contributed by atoms with Gasteiger partial charge in [0.2, 0.25) is 11.8 Å². The van der Waals surface area contributed by atoms with Crippen molar-refractivity contribution in [2.45, 2.75) is 20.8 Å². The zero-order valence-electron chi connectivity index (χ0n) is 12.0. The van der Waals surface area contributed by atoms with Crippen LogP contribution in [0.1, 0.15) is 31.1 Å². The third-order valence-electron chi connectivity index (χ3n) is 2.52. The SMILES string of the molecule is CC(C)(C)C(=O)NCC(=O)Nc1cc(Cl)cc(C(=O)O)c1. The van der Waals surface area contributed by atoms with E-state index < -0.39 is 17.3 Å². The first-order valence-electron chi connectivity index (χ1n) is 6.21. The highest BCUT2D eigenvalue weighted by molar-refractivity contribution is 6.31. The minimum Gasteiger partial charge on any atom is -0.478 e. The fourth-order valence-electron chi connectivity index (χ4n) is 1.42. The van der Waals surface area contributed by atoms with Gasteiger partial charge in [-0.05, 0) is 18.2 Å². The summed E-state index contributed by atoms with van der Waals surface area (Å²) in [7, 11) is 0. The van der Waals surface area contributed by atoms with Gasteiger partial charge in [0.1, 0.15) is 0 Å². The van der Waals surface area contributed by atoms with Crippen molar-refractivity contribution in [1.29, 1.82) is 0 Å². The Kier molecular flexibility index (Phi) is 5.32. The molecule has 0 aromatic heterocycles. The van der Waals surface area contributed by atoms with Gasteiger partial charge in [-0.1, -0.05) is 32.4 Å². The molecule has 3 N–H and O–H groups in total. The van der Waals surface area contributed by atoms with Crippen molar-refractivity contribution in [3.05, 3.63) is 28.8 Å². The molecule has 0 aliphatic carbocycles. The normalized spacial score (nSPS) is 10.9. The molecular weight excluding hydrogens is 296 g/mol. The minimum absolute atomic E-state index is 0.0310. The molecule has 0 aliphatic rings. The quantitative estimate of drug-likeness (QED) is 0.793. The lowest BCUT2D eigenvalue weighted by atomic mass is 9.96. The van der Waals surface area contributed by atoms with E-state index in [1.54, 1.807) is 20.8 Å². The Hall–Kier alpha value is -2.08. The fourth-order valence-corrected chi connectivity index (χ4v) is 1.65. The van der Waals surface area contributed by atoms with E-state index in [0.29, 0.717) is 0 Å². The van der Waals surface area contributed by atoms with E-state index in [9.17, 15) is 14.4 Å². The van der Waals surface area contributed by atoms with Gasteiger partial charge in [0, 0.05) is 16.1 Å². The third-order valence-corrected chi connectivity index (χ3v) is 2.74. The van der Waals surface area contributed by atoms with Crippen LogP contribution in [0.15, 0.2) is 18.2 Å². The van der Waals surface area contributed by atoms with Crippen molar-refractivity contribution in [3.8, 4) is 0 Å². The summed E-state index contributed by atoms with van der Waals surface area (Å²) in [6.45, 7) is 4.99. The maximum atomic E-state index is 11.7. The van der Waals surface area contributed by atoms with Crippen LogP contribution in [0, 0.1) is 5.41 Å². The Bertz CT molecular complexity index is 579. The zero-order chi connectivity index (χ0) is 16.2. The van der Waals surface area contributed by atoms with Gasteiger partial charge >= 0.3 is 5.97 Å². The maximum Gasteiger partial charge on any atom is 0.335 e. The number of aromatic carboxylic acids is 1. The molecule has 0 unspecified atom stereocenters. The highest BCUT2D eigenvalue weighted by atomic mass is 35.5. The second-order valence-electron chi connectivity index (χ2n) is 5.51. The molecule has 0 atom stereocenters. The molecule has 6 nitrogen and oxygen atoms in total. The number of halogens is 1. The first kappa shape index (κ1) is 17.0. The van der Waals surface area contributed by atoms with E-state index >= 15 is 0 Å². The van der Waals surface area contributed by atoms with Gasteiger partial charge in [0.15, 0.2) is 0 Å². The number of carbonyl (C=O) groups is 3. The van der Waals surface area contributed by atoms with Gasteiger partial charge in [0.25, 0.3) is 0 Å². The summed E-state index contributed by atoms with van der Waals surface area (Å²) in [5.41, 5.74) is -0.362. The van der Waals surface area contributed by atoms with E-state index in [0.717, 1.165) is 0 Å². The topological polar surface area (TPSA) is 95.5 Å². The molecule has 0 aliphatic heterocycles. The average molecular weight is 313 g/mol. The Morgan fingerprint density at radius 2 is 1.81 bits per heavy atom. The minimum atomic E-state index is -1.14. The highest BCUT2D eigenvalue weighted by Crippen LogP contribution is 2.19. The van der Waals surface area contributed by atoms with Crippen molar-refractivity contribution < 1.29 is 19.5 Å². The van der Waals surface area contributed by atoms with Crippen LogP contribution in [-0.4, -0.2) is 29.4 Å². The molecule has 1 aromatic rings. The molecule has 21 heavy (non-hydrogen) atoms. The first-order chi connectivity index (χ1) is 9.59. The number of hydrogen-bond donors (Lipinski definition) is 3. The maximum absolute atomic E-state index is 11.7. The van der Waals surface area contributed by atoms with Crippen LogP contribution in [0.25, 0.3) is 0 Å². The molecule has 0 saturated carbocycles. The Balaban J connectivity index is 2.67. The van der Waals surface area contributed by atoms with E-state index in [4.69, 9.17) is 16.7 Å². The summed E-state index contributed by atoms with van der Waals surface area (Å²) >= 11 is 5.78. The number of anilines is 1. The van der Waals surface area contributed by atoms with Gasteiger partial charge in [-0.25, -0.2) is 4.79 Å². The van der Waals surface area contributed by atoms with Gasteiger partial charge in [-0.2, -0.15) is 0 Å². The summed E-state index contributed by atoms with van der Waals surface area (Å²) in [6, 6.07) is 4.00. The van der Waals surface area contributed by atoms with Gasteiger partial charge in [-0.3, -0.25) is 9.59 Å². The predicted octanol–water partition coefficient (Wildman–Crippen LogP) is 2.14. The molecule has 1 rings (SSSR count). The van der Waals surface area contributed by atoms with Crippen LogP contribution in [0.5, 0.6) is 0 Å². The predicted molar refractivity (Wildman–Crippen MR) is 79.5 cm³/mol. The van der Waals surface area contributed by atoms with Crippen LogP contribution in [0.2, 0.25) is 5.02 Å². The number of amides is 2. The van der Waals surface area contributed by atoms with Crippen LogP contribution in [0.4, 0.5) is 5.69 Å². The number of hydrogen-bond acceptors (Lipinski definition) is 3. The van der Waals surface area contributed by atoms with Gasteiger partial charge < -0.3 is 15.7 Å². The molecule has 0 spiro atoms. The van der Waals surface area contributed by atoms with Crippen molar-refractivity contribution in [3.63, 3.8) is 0 Å². The summed E-state index contributed by atoms with van der Waals surface area (Å²) in [5, 5.41) is 14.1. The molecule has 7 heteroatoms. The molecule has 2 amide bonds. The van der Waals surface area contributed by atoms with Gasteiger partial charge in [0.05, 0.1) is 12.1 Å². The molecular formula is C14H17ClN2O4. The Morgan fingerprint density at radius 3 is 2.33 bits per heavy atom. The lowest BCUT2D eigenvalue weighted by molar-refractivity contribution is -0.130. The van der Waals surface area contributed by atoms with Crippen LogP contribution >= 0.6 is 11.6 Å². The van der Waals surface area contributed by atoms with Crippen LogP contribution < -0.4 is 10.6 Å². The summed E-state index contributed by atoms with van der Waals surface area (Å²) in [5.74, 6) is -1.87. The third kappa shape index (κ3) is 5.43. The highest BCUT2D eigenvalue weighted by Gasteiger charge is 2.21. The van der Waals surface area contributed by atoms with Crippen molar-refractivity contribution in [1.82, 2.24) is 5.32 Å². The monoisotopic (exact) mass is 312 g/mol. The number of carboxylic acids is 1. The molecule has 0 heterocycles. The summed E-state index contributed by atoms with van der Waals surface area (Å²) in [4.78, 5) is 34.2. The standard InChI is InChI=1S/C14H17ClN2O4/c1-14(2,3)13(21)16-7-11(18)17-10-5-8(12(19)20)4-9(15)6-10/h4-6H,7H2,1-3H3,(H,16,21)(H,17,18)(H,19,20). The lowest BCUT2D eigenvalue weighted by Gasteiger charge is -2.17. The lowest BCUT2D eigenvalue weighted by Crippen LogP contribution is -2.39. The second-order valence-corrected chi connectivity index (χ2v) is 5.95. The molecule has 0 radical (unpaired) electrons. The summed E-state index contributed by atoms with van der Waals surface area (Å²) < 4.78 is 0. The van der Waals surface area contributed by atoms with Crippen molar-refractivity contribution in [2.75, 3.05) is 11.9 Å². The number of benzene rings is 1. The van der Waals surface area contributed by atoms with Crippen molar-refractivity contribution >= 4 is 35.1 Å². The molecule has 0 bridgehead atoms. The Labute approximate surface area is 127 Å². The first-order valence-corrected chi connectivity index (χ1v) is 6.59. The number of rotatable bonds is 4. The molecule has 0 fully saturated rings. The largest absolute Gasteiger partial charge is 0.478 e. The van der Waals surface area contributed by atoms with Crippen LogP contribution in [0.3, 0.4) is 0 Å². The molecule has 114 valence electrons. The molecule has 0 saturated heterocycles. The van der Waals surface area contributed by atoms with E-state index in [2.05, 4.69) is 10.6 Å². The van der Waals surface area contributed by atoms with Gasteiger partial charge in [-0.15, -0.1) is 0 Å². The number of nitrogens with one attached hydrogen (secondary N) is 2. The van der Waals surface area contributed by atoms with E-state index in [1.807, 2.05) is 0 Å². The fraction of sp³-hybridized carbons (Fsp3) is 0.357. The number of carboxylic acid groups (broad SMARTS) is 1. The Morgan fingerprint density at radius 1 is 1.19 bits per heavy atom. The zero-order valence-corrected chi connectivity index (χ0v) is 12.7. The smallest absolute Gasteiger partial charge is 0.335 e. The average Bonchev–Trinajstić information content (AvgIpc) is 2.33. The summed E-state index contributed by atoms with van der Waals surface area (Å²) in [6.07, 6.45) is 0. The van der Waals surface area contributed by atoms with Crippen molar-refractivity contribution in [2.24, 2.45) is 5.41 Å².